The number of anilines is 2. The zero-order valence-electron chi connectivity index (χ0n) is 12.7. The minimum Gasteiger partial charge on any atom is -0.506 e. The monoisotopic (exact) mass is 296 g/mol. The molecule has 1 heterocycles. The molecule has 4 nitrogen and oxygen atoms in total. The number of nitrogens with zero attached hydrogens (tertiary/aromatic N) is 1. The molecular weight excluding hydrogens is 276 g/mol. The Morgan fingerprint density at radius 3 is 2.36 bits per heavy atom. The highest BCUT2D eigenvalue weighted by Crippen LogP contribution is 2.30. The van der Waals surface area contributed by atoms with Gasteiger partial charge in [0.25, 0.3) is 0 Å². The molecule has 0 saturated carbocycles. The Morgan fingerprint density at radius 1 is 1.09 bits per heavy atom. The molecule has 0 fully saturated rings. The number of benzene rings is 2. The summed E-state index contributed by atoms with van der Waals surface area (Å²) < 4.78 is 0. The average molecular weight is 296 g/mol. The van der Waals surface area contributed by atoms with Gasteiger partial charge < -0.3 is 15.3 Å². The number of nitrogens with one attached hydrogen (secondary N) is 1. The highest BCUT2D eigenvalue weighted by atomic mass is 16.3. The van der Waals surface area contributed by atoms with Gasteiger partial charge in [0.05, 0.1) is 5.69 Å². The van der Waals surface area contributed by atoms with Crippen molar-refractivity contribution in [2.24, 2.45) is 0 Å². The molecule has 0 bridgehead atoms. The van der Waals surface area contributed by atoms with E-state index in [1.54, 1.807) is 6.07 Å². The molecule has 1 aliphatic rings. The van der Waals surface area contributed by atoms with E-state index in [1.165, 1.54) is 18.2 Å². The molecule has 22 heavy (non-hydrogen) atoms. The van der Waals surface area contributed by atoms with Crippen molar-refractivity contribution >= 4 is 17.3 Å². The lowest BCUT2D eigenvalue weighted by Crippen LogP contribution is -2.25. The number of para-hydroxylation sites is 1. The first kappa shape index (κ1) is 14.4. The van der Waals surface area contributed by atoms with E-state index in [9.17, 15) is 9.90 Å². The fourth-order valence-electron chi connectivity index (χ4n) is 2.95. The molecule has 0 atom stereocenters. The highest BCUT2D eigenvalue weighted by molar-refractivity contribution is 5.90. The van der Waals surface area contributed by atoms with E-state index < -0.39 is 0 Å². The summed E-state index contributed by atoms with van der Waals surface area (Å²) in [6.45, 7) is 3.31. The molecular formula is C18H20N2O2. The number of fused-ring (bicyclic) bond motifs is 1. The van der Waals surface area contributed by atoms with E-state index in [2.05, 4.69) is 22.3 Å². The lowest BCUT2D eigenvalue weighted by molar-refractivity contribution is -0.114. The second-order valence-electron chi connectivity index (χ2n) is 5.64. The van der Waals surface area contributed by atoms with Crippen LogP contribution in [0.2, 0.25) is 0 Å². The Balaban J connectivity index is 1.83. The van der Waals surface area contributed by atoms with Gasteiger partial charge >= 0.3 is 0 Å². The van der Waals surface area contributed by atoms with Crippen LogP contribution in [0.1, 0.15) is 18.1 Å². The van der Waals surface area contributed by atoms with Gasteiger partial charge in [-0.2, -0.15) is 0 Å². The molecule has 0 aliphatic carbocycles. The quantitative estimate of drug-likeness (QED) is 0.838. The molecule has 3 rings (SSSR count). The first-order chi connectivity index (χ1) is 10.6. The zero-order chi connectivity index (χ0) is 15.5. The van der Waals surface area contributed by atoms with Crippen LogP contribution < -0.4 is 10.2 Å². The van der Waals surface area contributed by atoms with Crippen LogP contribution in [-0.2, 0) is 17.6 Å². The summed E-state index contributed by atoms with van der Waals surface area (Å²) in [6.07, 6.45) is 1.79. The molecule has 1 amide bonds. The minimum absolute atomic E-state index is 0.141. The maximum absolute atomic E-state index is 11.2. The van der Waals surface area contributed by atoms with Crippen LogP contribution in [0.3, 0.4) is 0 Å². The summed E-state index contributed by atoms with van der Waals surface area (Å²) in [5.74, 6) is -0.0307. The van der Waals surface area contributed by atoms with Gasteiger partial charge in [-0.15, -0.1) is 0 Å². The molecule has 2 N–H and O–H groups in total. The number of hydrogen-bond acceptors (Lipinski definition) is 3. The third-order valence-corrected chi connectivity index (χ3v) is 4.05. The number of rotatable bonds is 2. The summed E-state index contributed by atoms with van der Waals surface area (Å²) in [5, 5.41) is 12.7. The maximum Gasteiger partial charge on any atom is 0.221 e. The lowest BCUT2D eigenvalue weighted by Gasteiger charge is -2.22. The standard InChI is InChI=1S/C18H20N2O2/c1-13(21)19-17-11-14-7-9-20(16-5-3-2-4-6-16)10-8-15(14)12-18(17)22/h2-6,11-12,22H,7-10H2,1H3,(H,19,21). The van der Waals surface area contributed by atoms with Crippen LogP contribution in [0.5, 0.6) is 5.75 Å². The van der Waals surface area contributed by atoms with Crippen molar-refractivity contribution in [1.29, 1.82) is 0 Å². The van der Waals surface area contributed by atoms with E-state index in [0.717, 1.165) is 31.5 Å². The Bertz CT molecular complexity index is 683. The van der Waals surface area contributed by atoms with Crippen molar-refractivity contribution < 1.29 is 9.90 Å². The number of carbonyl (C=O) groups excluding carboxylic acids is 1. The van der Waals surface area contributed by atoms with E-state index in [4.69, 9.17) is 0 Å². The van der Waals surface area contributed by atoms with Crippen LogP contribution in [0.15, 0.2) is 42.5 Å². The van der Waals surface area contributed by atoms with Gasteiger partial charge in [0.15, 0.2) is 0 Å². The summed E-state index contributed by atoms with van der Waals surface area (Å²) in [6, 6.07) is 14.1. The predicted octanol–water partition coefficient (Wildman–Crippen LogP) is 2.96. The number of amides is 1. The topological polar surface area (TPSA) is 52.6 Å². The van der Waals surface area contributed by atoms with E-state index in [-0.39, 0.29) is 11.7 Å². The van der Waals surface area contributed by atoms with E-state index >= 15 is 0 Å². The smallest absolute Gasteiger partial charge is 0.221 e. The predicted molar refractivity (Wildman–Crippen MR) is 88.5 cm³/mol. The normalized spacial score (nSPS) is 14.1. The van der Waals surface area contributed by atoms with E-state index in [1.807, 2.05) is 24.3 Å². The fourth-order valence-corrected chi connectivity index (χ4v) is 2.95. The fraction of sp³-hybridized carbons (Fsp3) is 0.278. The number of phenols is 1. The number of phenolic OH excluding ortho intramolecular Hbond substituents is 1. The molecule has 0 saturated heterocycles. The Hall–Kier alpha value is -2.49. The number of carbonyl (C=O) groups is 1. The van der Waals surface area contributed by atoms with Crippen LogP contribution >= 0.6 is 0 Å². The van der Waals surface area contributed by atoms with Crippen LogP contribution in [0.25, 0.3) is 0 Å². The summed E-state index contributed by atoms with van der Waals surface area (Å²) in [5.41, 5.74) is 4.08. The Kier molecular flexibility index (Phi) is 4.00. The van der Waals surface area contributed by atoms with Gasteiger partial charge in [-0.1, -0.05) is 18.2 Å². The third-order valence-electron chi connectivity index (χ3n) is 4.05. The van der Waals surface area contributed by atoms with Gasteiger partial charge in [-0.05, 0) is 48.2 Å². The lowest BCUT2D eigenvalue weighted by atomic mass is 10.0. The van der Waals surface area contributed by atoms with Crippen molar-refractivity contribution in [2.75, 3.05) is 23.3 Å². The van der Waals surface area contributed by atoms with Gasteiger partial charge in [0.1, 0.15) is 5.75 Å². The van der Waals surface area contributed by atoms with Crippen LogP contribution in [0, 0.1) is 0 Å². The molecule has 2 aromatic carbocycles. The molecule has 0 spiro atoms. The van der Waals surface area contributed by atoms with Gasteiger partial charge in [-0.25, -0.2) is 0 Å². The summed E-state index contributed by atoms with van der Waals surface area (Å²) in [7, 11) is 0. The van der Waals surface area contributed by atoms with Crippen molar-refractivity contribution in [3.63, 3.8) is 0 Å². The SMILES string of the molecule is CC(=O)Nc1cc2c(cc1O)CCN(c1ccccc1)CC2. The summed E-state index contributed by atoms with van der Waals surface area (Å²) >= 11 is 0. The second kappa shape index (κ2) is 6.10. The molecule has 1 aliphatic heterocycles. The largest absolute Gasteiger partial charge is 0.506 e. The molecule has 4 heteroatoms. The first-order valence-electron chi connectivity index (χ1n) is 7.56. The third kappa shape index (κ3) is 3.06. The molecule has 114 valence electrons. The van der Waals surface area contributed by atoms with Crippen molar-refractivity contribution in [1.82, 2.24) is 0 Å². The zero-order valence-corrected chi connectivity index (χ0v) is 12.7. The maximum atomic E-state index is 11.2. The van der Waals surface area contributed by atoms with Crippen molar-refractivity contribution in [2.45, 2.75) is 19.8 Å². The second-order valence-corrected chi connectivity index (χ2v) is 5.64. The van der Waals surface area contributed by atoms with E-state index in [0.29, 0.717) is 5.69 Å². The molecule has 0 aromatic heterocycles. The van der Waals surface area contributed by atoms with Crippen molar-refractivity contribution in [3.8, 4) is 5.75 Å². The summed E-state index contributed by atoms with van der Waals surface area (Å²) in [4.78, 5) is 13.6. The number of aromatic hydroxyl groups is 1. The Morgan fingerprint density at radius 2 is 1.73 bits per heavy atom. The Labute approximate surface area is 130 Å². The minimum atomic E-state index is -0.171. The first-order valence-corrected chi connectivity index (χ1v) is 7.56. The highest BCUT2D eigenvalue weighted by Gasteiger charge is 2.17. The van der Waals surface area contributed by atoms with Crippen LogP contribution in [0.4, 0.5) is 11.4 Å². The van der Waals surface area contributed by atoms with Gasteiger partial charge in [0, 0.05) is 25.7 Å². The molecule has 0 radical (unpaired) electrons. The number of hydrogen-bond donors (Lipinski definition) is 2. The average Bonchev–Trinajstić information content (AvgIpc) is 2.70. The van der Waals surface area contributed by atoms with Gasteiger partial charge in [-0.3, -0.25) is 4.79 Å². The van der Waals surface area contributed by atoms with Crippen LogP contribution in [-0.4, -0.2) is 24.1 Å². The molecule has 0 unspecified atom stereocenters. The van der Waals surface area contributed by atoms with Gasteiger partial charge in [0.2, 0.25) is 5.91 Å². The van der Waals surface area contributed by atoms with Crippen molar-refractivity contribution in [3.05, 3.63) is 53.6 Å². The molecule has 2 aromatic rings.